The fraction of sp³-hybridized carbons (Fsp3) is 0.929. The lowest BCUT2D eigenvalue weighted by molar-refractivity contribution is -0.124. The van der Waals surface area contributed by atoms with Crippen molar-refractivity contribution in [2.24, 2.45) is 5.92 Å². The third-order valence-corrected chi connectivity index (χ3v) is 4.03. The summed E-state index contributed by atoms with van der Waals surface area (Å²) in [5, 5.41) is 0. The molecular formula is C14H24O2. The highest BCUT2D eigenvalue weighted by atomic mass is 16.5. The van der Waals surface area contributed by atoms with E-state index < -0.39 is 0 Å². The van der Waals surface area contributed by atoms with Crippen LogP contribution in [0.15, 0.2) is 0 Å². The van der Waals surface area contributed by atoms with Gasteiger partial charge in [-0.2, -0.15) is 0 Å². The van der Waals surface area contributed by atoms with Gasteiger partial charge in [0.1, 0.15) is 5.78 Å². The van der Waals surface area contributed by atoms with E-state index in [2.05, 4.69) is 0 Å². The molecule has 0 aromatic heterocycles. The molecule has 2 fully saturated rings. The summed E-state index contributed by atoms with van der Waals surface area (Å²) >= 11 is 0. The molecule has 2 rings (SSSR count). The zero-order chi connectivity index (χ0) is 11.2. The SMILES string of the molecule is O=C1CCCCCCCCCC2OCCC12. The zero-order valence-corrected chi connectivity index (χ0v) is 10.2. The van der Waals surface area contributed by atoms with Crippen molar-refractivity contribution in [1.29, 1.82) is 0 Å². The normalized spacial score (nSPS) is 33.9. The van der Waals surface area contributed by atoms with Crippen LogP contribution in [-0.2, 0) is 9.53 Å². The second kappa shape index (κ2) is 6.39. The molecular weight excluding hydrogens is 200 g/mol. The van der Waals surface area contributed by atoms with E-state index >= 15 is 0 Å². The number of ketones is 1. The first-order valence-electron chi connectivity index (χ1n) is 7.02. The fourth-order valence-corrected chi connectivity index (χ4v) is 3.02. The maximum atomic E-state index is 12.0. The van der Waals surface area contributed by atoms with Crippen LogP contribution in [0.3, 0.4) is 0 Å². The van der Waals surface area contributed by atoms with Gasteiger partial charge in [-0.25, -0.2) is 0 Å². The van der Waals surface area contributed by atoms with Crippen molar-refractivity contribution < 1.29 is 9.53 Å². The standard InChI is InChI=1S/C14H24O2/c15-13-8-6-4-2-1-3-5-7-9-14-12(13)10-11-16-14/h12,14H,1-11H2. The third kappa shape index (κ3) is 3.31. The molecule has 2 aliphatic rings. The minimum Gasteiger partial charge on any atom is -0.377 e. The number of hydrogen-bond acceptors (Lipinski definition) is 2. The van der Waals surface area contributed by atoms with Gasteiger partial charge in [-0.3, -0.25) is 4.79 Å². The molecule has 0 aromatic rings. The highest BCUT2D eigenvalue weighted by Gasteiger charge is 2.32. The Morgan fingerprint density at radius 1 is 0.875 bits per heavy atom. The first-order valence-corrected chi connectivity index (χ1v) is 7.02. The molecule has 0 amide bonds. The van der Waals surface area contributed by atoms with E-state index in [9.17, 15) is 4.79 Å². The summed E-state index contributed by atoms with van der Waals surface area (Å²) in [5.74, 6) is 0.711. The minimum absolute atomic E-state index is 0.236. The highest BCUT2D eigenvalue weighted by Crippen LogP contribution is 2.28. The molecule has 0 bridgehead atoms. The smallest absolute Gasteiger partial charge is 0.138 e. The van der Waals surface area contributed by atoms with E-state index in [1.54, 1.807) is 0 Å². The Morgan fingerprint density at radius 2 is 1.56 bits per heavy atom. The van der Waals surface area contributed by atoms with Crippen LogP contribution in [0.4, 0.5) is 0 Å². The van der Waals surface area contributed by atoms with Gasteiger partial charge in [0, 0.05) is 18.9 Å². The molecule has 1 saturated carbocycles. The van der Waals surface area contributed by atoms with E-state index in [4.69, 9.17) is 4.74 Å². The summed E-state index contributed by atoms with van der Waals surface area (Å²) in [5.41, 5.74) is 0. The van der Waals surface area contributed by atoms with E-state index in [0.29, 0.717) is 5.78 Å². The van der Waals surface area contributed by atoms with E-state index in [-0.39, 0.29) is 12.0 Å². The summed E-state index contributed by atoms with van der Waals surface area (Å²) in [7, 11) is 0. The molecule has 2 heteroatoms. The Balaban J connectivity index is 1.88. The van der Waals surface area contributed by atoms with Crippen LogP contribution in [-0.4, -0.2) is 18.5 Å². The molecule has 0 aromatic carbocycles. The Hall–Kier alpha value is -0.370. The average Bonchev–Trinajstić information content (AvgIpc) is 2.73. The van der Waals surface area contributed by atoms with E-state index in [1.165, 1.54) is 38.5 Å². The topological polar surface area (TPSA) is 26.3 Å². The second-order valence-corrected chi connectivity index (χ2v) is 5.28. The lowest BCUT2D eigenvalue weighted by Gasteiger charge is -2.18. The summed E-state index contributed by atoms with van der Waals surface area (Å²) in [6.45, 7) is 0.807. The van der Waals surface area contributed by atoms with Crippen LogP contribution < -0.4 is 0 Å². The van der Waals surface area contributed by atoms with Gasteiger partial charge in [-0.15, -0.1) is 0 Å². The second-order valence-electron chi connectivity index (χ2n) is 5.28. The quantitative estimate of drug-likeness (QED) is 0.629. The van der Waals surface area contributed by atoms with Crippen molar-refractivity contribution in [2.45, 2.75) is 70.3 Å². The number of carbonyl (C=O) groups is 1. The first kappa shape index (κ1) is 12.1. The molecule has 0 spiro atoms. The molecule has 0 radical (unpaired) electrons. The molecule has 0 N–H and O–H groups in total. The van der Waals surface area contributed by atoms with Crippen molar-refractivity contribution in [3.8, 4) is 0 Å². The van der Waals surface area contributed by atoms with E-state index in [1.807, 2.05) is 0 Å². The molecule has 16 heavy (non-hydrogen) atoms. The largest absolute Gasteiger partial charge is 0.377 e. The van der Waals surface area contributed by atoms with E-state index in [0.717, 1.165) is 32.3 Å². The van der Waals surface area contributed by atoms with Crippen molar-refractivity contribution in [3.05, 3.63) is 0 Å². The average molecular weight is 224 g/mol. The lowest BCUT2D eigenvalue weighted by Crippen LogP contribution is -2.24. The van der Waals surface area contributed by atoms with Crippen molar-refractivity contribution >= 4 is 5.78 Å². The van der Waals surface area contributed by atoms with Gasteiger partial charge in [0.15, 0.2) is 0 Å². The van der Waals surface area contributed by atoms with Gasteiger partial charge in [0.25, 0.3) is 0 Å². The van der Waals surface area contributed by atoms with Crippen molar-refractivity contribution in [1.82, 2.24) is 0 Å². The van der Waals surface area contributed by atoms with Crippen LogP contribution >= 0.6 is 0 Å². The number of ether oxygens (including phenoxy) is 1. The summed E-state index contributed by atoms with van der Waals surface area (Å²) in [6.07, 6.45) is 12.1. The van der Waals surface area contributed by atoms with Gasteiger partial charge in [-0.05, 0) is 19.3 Å². The highest BCUT2D eigenvalue weighted by molar-refractivity contribution is 5.81. The number of carbonyl (C=O) groups excluding carboxylic acids is 1. The van der Waals surface area contributed by atoms with Crippen LogP contribution in [0.25, 0.3) is 0 Å². The number of rotatable bonds is 0. The summed E-state index contributed by atoms with van der Waals surface area (Å²) < 4.78 is 5.71. The molecule has 1 heterocycles. The molecule has 1 saturated heterocycles. The third-order valence-electron chi connectivity index (χ3n) is 4.03. The van der Waals surface area contributed by atoms with Crippen LogP contribution in [0.2, 0.25) is 0 Å². The Bertz CT molecular complexity index is 225. The van der Waals surface area contributed by atoms with Crippen molar-refractivity contribution in [3.63, 3.8) is 0 Å². The maximum absolute atomic E-state index is 12.0. The Labute approximate surface area is 98.7 Å². The van der Waals surface area contributed by atoms with Gasteiger partial charge in [0.2, 0.25) is 0 Å². The molecule has 1 aliphatic heterocycles. The van der Waals surface area contributed by atoms with Gasteiger partial charge in [-0.1, -0.05) is 38.5 Å². The van der Waals surface area contributed by atoms with Gasteiger partial charge in [0.05, 0.1) is 6.10 Å². The molecule has 2 atom stereocenters. The van der Waals surface area contributed by atoms with Crippen LogP contribution in [0, 0.1) is 5.92 Å². The molecule has 2 unspecified atom stereocenters. The first-order chi connectivity index (χ1) is 7.88. The molecule has 92 valence electrons. The number of fused-ring (bicyclic) bond motifs is 1. The number of Topliss-reactive ketones (excluding diaryl/α,β-unsaturated/α-hetero) is 1. The number of hydrogen-bond donors (Lipinski definition) is 0. The van der Waals surface area contributed by atoms with Gasteiger partial charge < -0.3 is 4.74 Å². The van der Waals surface area contributed by atoms with Crippen LogP contribution in [0.1, 0.15) is 64.2 Å². The predicted molar refractivity (Wildman–Crippen MR) is 64.4 cm³/mol. The van der Waals surface area contributed by atoms with Crippen LogP contribution in [0.5, 0.6) is 0 Å². The lowest BCUT2D eigenvalue weighted by atomic mass is 9.89. The van der Waals surface area contributed by atoms with Crippen molar-refractivity contribution in [2.75, 3.05) is 6.61 Å². The summed E-state index contributed by atoms with van der Waals surface area (Å²) in [6, 6.07) is 0. The predicted octanol–water partition coefficient (Wildman–Crippen LogP) is 3.49. The van der Waals surface area contributed by atoms with Gasteiger partial charge >= 0.3 is 0 Å². The minimum atomic E-state index is 0.236. The monoisotopic (exact) mass is 224 g/mol. The fourth-order valence-electron chi connectivity index (χ4n) is 3.02. The zero-order valence-electron chi connectivity index (χ0n) is 10.2. The maximum Gasteiger partial charge on any atom is 0.138 e. The Kier molecular flexibility index (Phi) is 4.83. The molecule has 1 aliphatic carbocycles. The Morgan fingerprint density at radius 3 is 2.38 bits per heavy atom. The molecule has 2 nitrogen and oxygen atoms in total. The summed E-state index contributed by atoms with van der Waals surface area (Å²) in [4.78, 5) is 12.0.